The van der Waals surface area contributed by atoms with Gasteiger partial charge in [-0.1, -0.05) is 0 Å². The molecule has 2 aliphatic rings. The average Bonchev–Trinajstić information content (AvgIpc) is 2.90. The molecule has 3 rings (SSSR count). The van der Waals surface area contributed by atoms with E-state index < -0.39 is 5.60 Å². The maximum Gasteiger partial charge on any atom is 0.409 e. The molecule has 1 unspecified atom stereocenters. The number of piperidine rings is 1. The predicted octanol–water partition coefficient (Wildman–Crippen LogP) is 1.89. The van der Waals surface area contributed by atoms with Gasteiger partial charge in [-0.3, -0.25) is 4.90 Å². The Morgan fingerprint density at radius 3 is 2.68 bits per heavy atom. The van der Waals surface area contributed by atoms with E-state index in [1.165, 1.54) is 12.1 Å². The summed E-state index contributed by atoms with van der Waals surface area (Å²) in [5, 5.41) is 11.0. The van der Waals surface area contributed by atoms with E-state index in [2.05, 4.69) is 4.90 Å². The third-order valence-electron chi connectivity index (χ3n) is 5.22. The highest BCUT2D eigenvalue weighted by Crippen LogP contribution is 2.23. The molecule has 1 aromatic carbocycles. The largest absolute Gasteiger partial charge is 0.490 e. The molecule has 2 heterocycles. The first-order chi connectivity index (χ1) is 13.5. The number of aliphatic hydroxyl groups is 1. The number of nitrogens with zero attached hydrogens (tertiary/aromatic N) is 2. The van der Waals surface area contributed by atoms with Gasteiger partial charge in [0, 0.05) is 32.2 Å². The molecule has 2 fully saturated rings. The molecule has 0 aliphatic carbocycles. The van der Waals surface area contributed by atoms with Crippen LogP contribution in [-0.4, -0.2) is 85.2 Å². The van der Waals surface area contributed by atoms with Crippen molar-refractivity contribution in [1.29, 1.82) is 0 Å². The maximum absolute atomic E-state index is 13.0. The zero-order valence-electron chi connectivity index (χ0n) is 16.3. The average molecular weight is 396 g/mol. The van der Waals surface area contributed by atoms with Gasteiger partial charge >= 0.3 is 6.09 Å². The molecular formula is C20H29FN2O5. The highest BCUT2D eigenvalue weighted by molar-refractivity contribution is 5.67. The molecule has 1 atom stereocenters. The lowest BCUT2D eigenvalue weighted by Crippen LogP contribution is -2.54. The minimum Gasteiger partial charge on any atom is -0.490 e. The molecule has 0 bridgehead atoms. The van der Waals surface area contributed by atoms with Crippen molar-refractivity contribution in [3.63, 3.8) is 0 Å². The van der Waals surface area contributed by atoms with Crippen LogP contribution >= 0.6 is 0 Å². The molecule has 1 amide bonds. The lowest BCUT2D eigenvalue weighted by atomic mass is 10.00. The van der Waals surface area contributed by atoms with E-state index in [0.29, 0.717) is 38.6 Å². The second kappa shape index (κ2) is 9.54. The summed E-state index contributed by atoms with van der Waals surface area (Å²) in [6.07, 6.45) is 1.39. The molecule has 0 spiro atoms. The SMILES string of the molecule is CCOC(=O)N1CCC(N2CCOCC(O)(COc3ccc(F)cc3)C2)CC1. The minimum atomic E-state index is -1.15. The molecular weight excluding hydrogens is 367 g/mol. The van der Waals surface area contributed by atoms with E-state index >= 15 is 0 Å². The van der Waals surface area contributed by atoms with E-state index in [9.17, 15) is 14.3 Å². The summed E-state index contributed by atoms with van der Waals surface area (Å²) in [6, 6.07) is 6.00. The molecule has 156 valence electrons. The van der Waals surface area contributed by atoms with Crippen LogP contribution in [0.1, 0.15) is 19.8 Å². The molecule has 2 saturated heterocycles. The van der Waals surface area contributed by atoms with Crippen molar-refractivity contribution in [2.24, 2.45) is 0 Å². The van der Waals surface area contributed by atoms with Gasteiger partial charge in [-0.15, -0.1) is 0 Å². The van der Waals surface area contributed by atoms with Crippen LogP contribution in [0, 0.1) is 5.82 Å². The summed E-state index contributed by atoms with van der Waals surface area (Å²) in [6.45, 7) is 5.41. The first-order valence-electron chi connectivity index (χ1n) is 9.83. The lowest BCUT2D eigenvalue weighted by Gasteiger charge is -2.39. The number of benzene rings is 1. The van der Waals surface area contributed by atoms with Crippen LogP contribution in [0.2, 0.25) is 0 Å². The van der Waals surface area contributed by atoms with Crippen molar-refractivity contribution in [2.45, 2.75) is 31.4 Å². The summed E-state index contributed by atoms with van der Waals surface area (Å²) in [5.41, 5.74) is -1.15. The van der Waals surface area contributed by atoms with Crippen LogP contribution in [0.4, 0.5) is 9.18 Å². The van der Waals surface area contributed by atoms with E-state index in [-0.39, 0.29) is 31.2 Å². The third kappa shape index (κ3) is 5.56. The highest BCUT2D eigenvalue weighted by Gasteiger charge is 2.37. The number of carbonyl (C=O) groups is 1. The number of ether oxygens (including phenoxy) is 3. The Balaban J connectivity index is 1.54. The molecule has 1 aromatic rings. The van der Waals surface area contributed by atoms with E-state index in [4.69, 9.17) is 14.2 Å². The highest BCUT2D eigenvalue weighted by atomic mass is 19.1. The second-order valence-electron chi connectivity index (χ2n) is 7.41. The van der Waals surface area contributed by atoms with Crippen molar-refractivity contribution in [3.05, 3.63) is 30.1 Å². The number of hydrogen-bond donors (Lipinski definition) is 1. The van der Waals surface area contributed by atoms with Crippen LogP contribution in [0.15, 0.2) is 24.3 Å². The monoisotopic (exact) mass is 396 g/mol. The van der Waals surface area contributed by atoms with Crippen molar-refractivity contribution in [3.8, 4) is 5.75 Å². The Hall–Kier alpha value is -1.90. The summed E-state index contributed by atoms with van der Waals surface area (Å²) in [5.74, 6) is 0.178. The van der Waals surface area contributed by atoms with Gasteiger partial charge in [-0.2, -0.15) is 0 Å². The number of β-amino-alcohol motifs (C(OH)–C–C–N with tert-alkyl or cyclic N) is 1. The lowest BCUT2D eigenvalue weighted by molar-refractivity contribution is -0.0688. The van der Waals surface area contributed by atoms with Crippen LogP contribution in [0.3, 0.4) is 0 Å². The number of likely N-dealkylation sites (tertiary alicyclic amines) is 1. The molecule has 8 heteroatoms. The Morgan fingerprint density at radius 1 is 1.29 bits per heavy atom. The smallest absolute Gasteiger partial charge is 0.409 e. The van der Waals surface area contributed by atoms with Crippen LogP contribution in [-0.2, 0) is 9.47 Å². The van der Waals surface area contributed by atoms with Crippen molar-refractivity contribution < 1.29 is 28.5 Å². The van der Waals surface area contributed by atoms with E-state index in [0.717, 1.165) is 19.4 Å². The first kappa shape index (κ1) is 20.8. The van der Waals surface area contributed by atoms with Crippen molar-refractivity contribution in [1.82, 2.24) is 9.80 Å². The van der Waals surface area contributed by atoms with Crippen LogP contribution in [0.5, 0.6) is 5.75 Å². The van der Waals surface area contributed by atoms with Crippen LogP contribution < -0.4 is 4.74 Å². The standard InChI is InChI=1S/C20H29FN2O5/c1-2-27-19(24)22-9-7-17(8-10-22)23-11-12-26-14-20(25,13-23)15-28-18-5-3-16(21)4-6-18/h3-6,17,25H,2,7-15H2,1H3. The fourth-order valence-corrected chi connectivity index (χ4v) is 3.72. The molecule has 0 radical (unpaired) electrons. The molecule has 0 saturated carbocycles. The van der Waals surface area contributed by atoms with Gasteiger partial charge in [0.25, 0.3) is 0 Å². The van der Waals surface area contributed by atoms with Gasteiger partial charge < -0.3 is 24.2 Å². The molecule has 0 aromatic heterocycles. The topological polar surface area (TPSA) is 71.5 Å². The predicted molar refractivity (Wildman–Crippen MR) is 101 cm³/mol. The fraction of sp³-hybridized carbons (Fsp3) is 0.650. The Kier molecular flexibility index (Phi) is 7.09. The van der Waals surface area contributed by atoms with Crippen molar-refractivity contribution in [2.75, 3.05) is 52.6 Å². The molecule has 7 nitrogen and oxygen atoms in total. The Morgan fingerprint density at radius 2 is 2.00 bits per heavy atom. The minimum absolute atomic E-state index is 0.0663. The quantitative estimate of drug-likeness (QED) is 0.820. The summed E-state index contributed by atoms with van der Waals surface area (Å²) in [4.78, 5) is 15.8. The van der Waals surface area contributed by atoms with E-state index in [1.807, 2.05) is 0 Å². The third-order valence-corrected chi connectivity index (χ3v) is 5.22. The molecule has 2 aliphatic heterocycles. The first-order valence-corrected chi connectivity index (χ1v) is 9.83. The second-order valence-corrected chi connectivity index (χ2v) is 7.41. The van der Waals surface area contributed by atoms with Crippen molar-refractivity contribution >= 4 is 6.09 Å². The van der Waals surface area contributed by atoms with Gasteiger partial charge in [0.2, 0.25) is 0 Å². The number of rotatable bonds is 5. The Labute approximate surface area is 165 Å². The van der Waals surface area contributed by atoms with Gasteiger partial charge in [0.15, 0.2) is 0 Å². The zero-order chi connectivity index (χ0) is 20.0. The van der Waals surface area contributed by atoms with Gasteiger partial charge in [0.1, 0.15) is 23.8 Å². The fourth-order valence-electron chi connectivity index (χ4n) is 3.72. The zero-order valence-corrected chi connectivity index (χ0v) is 16.3. The van der Waals surface area contributed by atoms with Gasteiger partial charge in [-0.25, -0.2) is 9.18 Å². The number of amides is 1. The normalized spacial score (nSPS) is 24.6. The number of halogens is 1. The summed E-state index contributed by atoms with van der Waals surface area (Å²) in [7, 11) is 0. The maximum atomic E-state index is 13.0. The van der Waals surface area contributed by atoms with Crippen LogP contribution in [0.25, 0.3) is 0 Å². The Bertz CT molecular complexity index is 636. The molecule has 28 heavy (non-hydrogen) atoms. The van der Waals surface area contributed by atoms with E-state index in [1.54, 1.807) is 24.0 Å². The summed E-state index contributed by atoms with van der Waals surface area (Å²) < 4.78 is 29.4. The van der Waals surface area contributed by atoms with Gasteiger partial charge in [-0.05, 0) is 44.0 Å². The summed E-state index contributed by atoms with van der Waals surface area (Å²) >= 11 is 0. The molecule has 1 N–H and O–H groups in total. The number of hydrogen-bond acceptors (Lipinski definition) is 6. The van der Waals surface area contributed by atoms with Gasteiger partial charge in [0.05, 0.1) is 19.8 Å². The number of carbonyl (C=O) groups excluding carboxylic acids is 1.